The van der Waals surface area contributed by atoms with E-state index in [1.807, 2.05) is 0 Å². The van der Waals surface area contributed by atoms with Crippen LogP contribution in [0.15, 0.2) is 12.1 Å². The van der Waals surface area contributed by atoms with E-state index in [2.05, 4.69) is 0 Å². The predicted molar refractivity (Wildman–Crippen MR) is 63.2 cm³/mol. The summed E-state index contributed by atoms with van der Waals surface area (Å²) in [6.45, 7) is 0.939. The fraction of sp³-hybridized carbons (Fsp3) is 0.417. The summed E-state index contributed by atoms with van der Waals surface area (Å²) in [7, 11) is 0. The van der Waals surface area contributed by atoms with Crippen molar-refractivity contribution in [1.82, 2.24) is 0 Å². The lowest BCUT2D eigenvalue weighted by molar-refractivity contribution is -0.119. The predicted octanol–water partition coefficient (Wildman–Crippen LogP) is 1.51. The van der Waals surface area contributed by atoms with Crippen LogP contribution in [0.4, 0.5) is 11.4 Å². The zero-order chi connectivity index (χ0) is 11.8. The van der Waals surface area contributed by atoms with Gasteiger partial charge in [-0.25, -0.2) is 0 Å². The summed E-state index contributed by atoms with van der Waals surface area (Å²) in [5.41, 5.74) is 7.25. The average molecular weight is 234 g/mol. The molecule has 3 rings (SSSR count). The highest BCUT2D eigenvalue weighted by molar-refractivity contribution is 5.97. The van der Waals surface area contributed by atoms with Gasteiger partial charge in [0.15, 0.2) is 11.5 Å². The number of nitrogen functional groups attached to an aromatic ring is 1. The van der Waals surface area contributed by atoms with E-state index in [1.165, 1.54) is 0 Å². The minimum atomic E-state index is 0.127. The van der Waals surface area contributed by atoms with E-state index < -0.39 is 0 Å². The number of carbonyl (C=O) groups is 1. The van der Waals surface area contributed by atoms with Crippen LogP contribution in [0.2, 0.25) is 0 Å². The average Bonchev–Trinajstić information content (AvgIpc) is 2.76. The van der Waals surface area contributed by atoms with Crippen LogP contribution in [0.25, 0.3) is 0 Å². The number of rotatable bonds is 1. The molecule has 5 nitrogen and oxygen atoms in total. The van der Waals surface area contributed by atoms with Crippen LogP contribution in [0.5, 0.6) is 11.5 Å². The third-order valence-corrected chi connectivity index (χ3v) is 3.14. The molecule has 0 aliphatic carbocycles. The van der Waals surface area contributed by atoms with Gasteiger partial charge >= 0.3 is 0 Å². The Balaban J connectivity index is 1.99. The molecule has 0 bridgehead atoms. The molecule has 2 aliphatic rings. The molecule has 17 heavy (non-hydrogen) atoms. The number of hydrogen-bond donors (Lipinski definition) is 1. The van der Waals surface area contributed by atoms with E-state index in [9.17, 15) is 4.79 Å². The highest BCUT2D eigenvalue weighted by Crippen LogP contribution is 2.40. The van der Waals surface area contributed by atoms with Crippen LogP contribution in [0, 0.1) is 0 Å². The maximum absolute atomic E-state index is 11.8. The van der Waals surface area contributed by atoms with E-state index in [4.69, 9.17) is 15.2 Å². The monoisotopic (exact) mass is 234 g/mol. The highest BCUT2D eigenvalue weighted by Gasteiger charge is 2.24. The van der Waals surface area contributed by atoms with Crippen molar-refractivity contribution in [3.63, 3.8) is 0 Å². The van der Waals surface area contributed by atoms with Gasteiger partial charge in [-0.2, -0.15) is 0 Å². The molecule has 0 radical (unpaired) electrons. The Morgan fingerprint density at radius 3 is 2.71 bits per heavy atom. The summed E-state index contributed by atoms with van der Waals surface area (Å²) in [4.78, 5) is 13.6. The number of hydrogen-bond acceptors (Lipinski definition) is 4. The summed E-state index contributed by atoms with van der Waals surface area (Å²) < 4.78 is 10.5. The maximum atomic E-state index is 11.8. The zero-order valence-corrected chi connectivity index (χ0v) is 9.44. The first-order valence-corrected chi connectivity index (χ1v) is 5.75. The smallest absolute Gasteiger partial charge is 0.231 e. The first kappa shape index (κ1) is 10.3. The third-order valence-electron chi connectivity index (χ3n) is 3.14. The molecule has 0 unspecified atom stereocenters. The third kappa shape index (κ3) is 1.67. The van der Waals surface area contributed by atoms with Gasteiger partial charge in [0.05, 0.1) is 11.4 Å². The van der Waals surface area contributed by atoms with Crippen molar-refractivity contribution in [3.8, 4) is 11.5 Å². The van der Waals surface area contributed by atoms with Gasteiger partial charge in [0.25, 0.3) is 0 Å². The van der Waals surface area contributed by atoms with Gasteiger partial charge in [-0.3, -0.25) is 4.79 Å². The second-order valence-corrected chi connectivity index (χ2v) is 4.27. The van der Waals surface area contributed by atoms with Crippen LogP contribution < -0.4 is 20.1 Å². The van der Waals surface area contributed by atoms with Crippen molar-refractivity contribution in [2.75, 3.05) is 24.0 Å². The topological polar surface area (TPSA) is 64.8 Å². The van der Waals surface area contributed by atoms with Crippen LogP contribution in [-0.4, -0.2) is 19.2 Å². The van der Waals surface area contributed by atoms with Gasteiger partial charge in [0.1, 0.15) is 0 Å². The van der Waals surface area contributed by atoms with E-state index in [0.717, 1.165) is 25.1 Å². The second kappa shape index (κ2) is 3.84. The standard InChI is InChI=1S/C12H14N2O3/c13-8-5-10-11(17-7-16-10)6-9(8)14-4-2-1-3-12(14)15/h5-6H,1-4,7,13H2. The normalized spacial score (nSPS) is 18.6. The van der Waals surface area contributed by atoms with Crippen molar-refractivity contribution < 1.29 is 14.3 Å². The number of amides is 1. The van der Waals surface area contributed by atoms with Gasteiger partial charge in [-0.15, -0.1) is 0 Å². The molecule has 2 aliphatic heterocycles. The van der Waals surface area contributed by atoms with Crippen LogP contribution in [0.3, 0.4) is 0 Å². The molecular weight excluding hydrogens is 220 g/mol. The highest BCUT2D eigenvalue weighted by atomic mass is 16.7. The number of nitrogens with two attached hydrogens (primary N) is 1. The number of benzene rings is 1. The SMILES string of the molecule is Nc1cc2c(cc1N1CCCCC1=O)OCO2. The fourth-order valence-electron chi connectivity index (χ4n) is 2.24. The van der Waals surface area contributed by atoms with E-state index >= 15 is 0 Å². The van der Waals surface area contributed by atoms with Gasteiger partial charge in [-0.05, 0) is 12.8 Å². The van der Waals surface area contributed by atoms with Gasteiger partial charge in [0, 0.05) is 25.1 Å². The molecule has 1 fully saturated rings. The molecule has 1 aromatic rings. The van der Waals surface area contributed by atoms with Gasteiger partial charge in [0.2, 0.25) is 12.7 Å². The largest absolute Gasteiger partial charge is 0.454 e. The van der Waals surface area contributed by atoms with Crippen LogP contribution in [-0.2, 0) is 4.79 Å². The Labute approximate surface area is 99.1 Å². The Bertz CT molecular complexity index is 473. The van der Waals surface area contributed by atoms with Crippen molar-refractivity contribution >= 4 is 17.3 Å². The van der Waals surface area contributed by atoms with Gasteiger partial charge in [-0.1, -0.05) is 0 Å². The van der Waals surface area contributed by atoms with Crippen molar-refractivity contribution in [2.24, 2.45) is 0 Å². The number of fused-ring (bicyclic) bond motifs is 1. The lowest BCUT2D eigenvalue weighted by atomic mass is 10.1. The minimum absolute atomic E-state index is 0.127. The number of carbonyl (C=O) groups excluding carboxylic acids is 1. The van der Waals surface area contributed by atoms with E-state index in [1.54, 1.807) is 17.0 Å². The molecule has 0 saturated carbocycles. The first-order chi connectivity index (χ1) is 8.25. The van der Waals surface area contributed by atoms with Crippen LogP contribution >= 0.6 is 0 Å². The van der Waals surface area contributed by atoms with Crippen molar-refractivity contribution in [2.45, 2.75) is 19.3 Å². The number of nitrogens with zero attached hydrogens (tertiary/aromatic N) is 1. The number of anilines is 2. The van der Waals surface area contributed by atoms with Gasteiger partial charge < -0.3 is 20.1 Å². The lowest BCUT2D eigenvalue weighted by Crippen LogP contribution is -2.35. The van der Waals surface area contributed by atoms with Crippen LogP contribution in [0.1, 0.15) is 19.3 Å². The molecule has 5 heteroatoms. The molecule has 0 spiro atoms. The molecule has 0 aromatic heterocycles. The molecule has 1 saturated heterocycles. The Morgan fingerprint density at radius 2 is 1.94 bits per heavy atom. The number of piperidine rings is 1. The molecule has 2 N–H and O–H groups in total. The van der Waals surface area contributed by atoms with Crippen molar-refractivity contribution in [1.29, 1.82) is 0 Å². The Kier molecular flexibility index (Phi) is 2.31. The molecule has 90 valence electrons. The quantitative estimate of drug-likeness (QED) is 0.748. The van der Waals surface area contributed by atoms with E-state index in [-0.39, 0.29) is 12.7 Å². The summed E-state index contributed by atoms with van der Waals surface area (Å²) in [6, 6.07) is 3.51. The minimum Gasteiger partial charge on any atom is -0.454 e. The summed E-state index contributed by atoms with van der Waals surface area (Å²) in [5, 5.41) is 0. The Morgan fingerprint density at radius 1 is 1.18 bits per heavy atom. The summed E-state index contributed by atoms with van der Waals surface area (Å²) >= 11 is 0. The number of ether oxygens (including phenoxy) is 2. The first-order valence-electron chi connectivity index (χ1n) is 5.75. The van der Waals surface area contributed by atoms with E-state index in [0.29, 0.717) is 23.6 Å². The summed E-state index contributed by atoms with van der Waals surface area (Å²) in [6.07, 6.45) is 2.56. The molecule has 0 atom stereocenters. The molecule has 1 amide bonds. The molecule has 2 heterocycles. The lowest BCUT2D eigenvalue weighted by Gasteiger charge is -2.27. The maximum Gasteiger partial charge on any atom is 0.231 e. The fourth-order valence-corrected chi connectivity index (χ4v) is 2.24. The second-order valence-electron chi connectivity index (χ2n) is 4.27. The molecular formula is C12H14N2O3. The summed E-state index contributed by atoms with van der Waals surface area (Å²) in [5.74, 6) is 1.44. The zero-order valence-electron chi connectivity index (χ0n) is 9.44. The Hall–Kier alpha value is -1.91. The van der Waals surface area contributed by atoms with Crippen molar-refractivity contribution in [3.05, 3.63) is 12.1 Å². The molecule has 1 aromatic carbocycles.